The topological polar surface area (TPSA) is 78.9 Å². The highest BCUT2D eigenvalue weighted by atomic mass is 16.5. The molecule has 0 aromatic rings. The van der Waals surface area contributed by atoms with Gasteiger partial charge in [0.05, 0.1) is 19.1 Å². The number of hydrogen-bond donors (Lipinski definition) is 0. The highest BCUT2D eigenvalue weighted by Gasteiger charge is 2.63. The number of carbonyl (C=O) groups is 3. The first-order chi connectivity index (χ1) is 15.6. The van der Waals surface area contributed by atoms with Gasteiger partial charge in [0.25, 0.3) is 0 Å². The van der Waals surface area contributed by atoms with Crippen molar-refractivity contribution in [2.75, 3.05) is 13.7 Å². The molecule has 0 amide bonds. The molecule has 3 saturated carbocycles. The zero-order valence-corrected chi connectivity index (χ0v) is 21.1. The van der Waals surface area contributed by atoms with E-state index in [4.69, 9.17) is 14.2 Å². The van der Waals surface area contributed by atoms with Crippen molar-refractivity contribution >= 4 is 17.9 Å². The maximum absolute atomic E-state index is 13.5. The molecule has 0 bridgehead atoms. The third kappa shape index (κ3) is 4.20. The average molecular weight is 463 g/mol. The van der Waals surface area contributed by atoms with E-state index in [0.29, 0.717) is 36.7 Å². The van der Waals surface area contributed by atoms with Crippen molar-refractivity contribution in [1.82, 2.24) is 0 Å². The molecule has 6 heteroatoms. The van der Waals surface area contributed by atoms with Gasteiger partial charge in [-0.15, -0.1) is 0 Å². The van der Waals surface area contributed by atoms with Crippen LogP contribution in [-0.2, 0) is 28.6 Å². The largest absolute Gasteiger partial charge is 0.469 e. The highest BCUT2D eigenvalue weighted by Crippen LogP contribution is 2.64. The van der Waals surface area contributed by atoms with Crippen LogP contribution in [0.25, 0.3) is 0 Å². The molecular formula is C27H42O6. The minimum Gasteiger partial charge on any atom is -0.469 e. The van der Waals surface area contributed by atoms with Crippen LogP contribution in [0.15, 0.2) is 0 Å². The monoisotopic (exact) mass is 462 g/mol. The molecule has 0 spiro atoms. The molecule has 4 rings (SSSR count). The van der Waals surface area contributed by atoms with Crippen LogP contribution in [0, 0.1) is 46.3 Å². The molecule has 0 radical (unpaired) electrons. The second-order valence-corrected chi connectivity index (χ2v) is 11.8. The minimum absolute atomic E-state index is 0.0249. The van der Waals surface area contributed by atoms with E-state index < -0.39 is 5.41 Å². The lowest BCUT2D eigenvalue weighted by Crippen LogP contribution is -2.51. The van der Waals surface area contributed by atoms with Crippen molar-refractivity contribution in [2.24, 2.45) is 46.3 Å². The molecule has 0 aromatic carbocycles. The first-order valence-electron chi connectivity index (χ1n) is 13.0. The molecule has 3 aliphatic carbocycles. The Labute approximate surface area is 198 Å². The van der Waals surface area contributed by atoms with Gasteiger partial charge in [-0.3, -0.25) is 14.4 Å². The number of carbonyl (C=O) groups excluding carboxylic acids is 3. The van der Waals surface area contributed by atoms with Crippen LogP contribution >= 0.6 is 0 Å². The van der Waals surface area contributed by atoms with E-state index in [1.165, 1.54) is 14.0 Å². The van der Waals surface area contributed by atoms with Crippen LogP contribution in [0.5, 0.6) is 0 Å². The van der Waals surface area contributed by atoms with E-state index in [1.807, 2.05) is 0 Å². The lowest BCUT2D eigenvalue weighted by atomic mass is 9.49. The summed E-state index contributed by atoms with van der Waals surface area (Å²) in [6.07, 6.45) is 8.39. The third-order valence-electron chi connectivity index (χ3n) is 10.4. The summed E-state index contributed by atoms with van der Waals surface area (Å²) >= 11 is 0. The maximum atomic E-state index is 13.5. The predicted molar refractivity (Wildman–Crippen MR) is 123 cm³/mol. The summed E-state index contributed by atoms with van der Waals surface area (Å²) in [6.45, 7) is 8.76. The van der Waals surface area contributed by atoms with Gasteiger partial charge in [0, 0.05) is 19.3 Å². The average Bonchev–Trinajstić information content (AvgIpc) is 3.08. The second-order valence-electron chi connectivity index (χ2n) is 11.8. The molecule has 6 nitrogen and oxygen atoms in total. The summed E-state index contributed by atoms with van der Waals surface area (Å²) < 4.78 is 16.5. The number of rotatable bonds is 5. The lowest BCUT2D eigenvalue weighted by Gasteiger charge is -2.55. The van der Waals surface area contributed by atoms with Crippen molar-refractivity contribution < 1.29 is 28.6 Å². The number of hydrogen-bond acceptors (Lipinski definition) is 6. The van der Waals surface area contributed by atoms with Gasteiger partial charge in [-0.05, 0) is 93.3 Å². The van der Waals surface area contributed by atoms with Crippen LogP contribution in [0.4, 0.5) is 0 Å². The zero-order chi connectivity index (χ0) is 24.0. The van der Waals surface area contributed by atoms with Crippen LogP contribution in [0.1, 0.15) is 85.5 Å². The second kappa shape index (κ2) is 9.22. The molecule has 1 heterocycles. The Hall–Kier alpha value is -1.59. The molecule has 4 aliphatic rings. The van der Waals surface area contributed by atoms with Gasteiger partial charge in [0.15, 0.2) is 0 Å². The Morgan fingerprint density at radius 1 is 1.12 bits per heavy atom. The van der Waals surface area contributed by atoms with Gasteiger partial charge < -0.3 is 14.2 Å². The predicted octanol–water partition coefficient (Wildman–Crippen LogP) is 4.93. The quantitative estimate of drug-likeness (QED) is 0.426. The molecule has 4 fully saturated rings. The van der Waals surface area contributed by atoms with Crippen LogP contribution < -0.4 is 0 Å². The third-order valence-corrected chi connectivity index (χ3v) is 10.4. The Morgan fingerprint density at radius 3 is 2.58 bits per heavy atom. The van der Waals surface area contributed by atoms with Gasteiger partial charge in [0.1, 0.15) is 6.10 Å². The molecule has 1 aliphatic heterocycles. The van der Waals surface area contributed by atoms with E-state index in [-0.39, 0.29) is 41.3 Å². The number of methoxy groups -OCH3 is 1. The van der Waals surface area contributed by atoms with Gasteiger partial charge in [-0.2, -0.15) is 0 Å². The zero-order valence-electron chi connectivity index (χ0n) is 21.1. The summed E-state index contributed by atoms with van der Waals surface area (Å²) in [6, 6.07) is 0. The normalized spacial score (nSPS) is 43.2. The molecular weight excluding hydrogens is 420 g/mol. The number of fused-ring (bicyclic) bond motifs is 5. The summed E-state index contributed by atoms with van der Waals surface area (Å²) in [5.74, 6) is 1.83. The van der Waals surface area contributed by atoms with E-state index in [2.05, 4.69) is 20.8 Å². The Kier molecular flexibility index (Phi) is 6.85. The molecule has 9 atom stereocenters. The summed E-state index contributed by atoms with van der Waals surface area (Å²) in [7, 11) is 1.43. The van der Waals surface area contributed by atoms with Crippen LogP contribution in [0.3, 0.4) is 0 Å². The Balaban J connectivity index is 1.54. The number of cyclic esters (lactones) is 1. The molecule has 33 heavy (non-hydrogen) atoms. The molecule has 186 valence electrons. The van der Waals surface area contributed by atoms with Gasteiger partial charge in [0.2, 0.25) is 0 Å². The van der Waals surface area contributed by atoms with Gasteiger partial charge in [-0.25, -0.2) is 0 Å². The first-order valence-corrected chi connectivity index (χ1v) is 13.0. The minimum atomic E-state index is -0.479. The Morgan fingerprint density at radius 2 is 1.88 bits per heavy atom. The molecule has 0 N–H and O–H groups in total. The fourth-order valence-corrected chi connectivity index (χ4v) is 8.58. The lowest BCUT2D eigenvalue weighted by molar-refractivity contribution is -0.162. The number of ether oxygens (including phenoxy) is 3. The first kappa shape index (κ1) is 24.5. The Bertz CT molecular complexity index is 779. The van der Waals surface area contributed by atoms with E-state index >= 15 is 0 Å². The molecule has 0 unspecified atom stereocenters. The fourth-order valence-electron chi connectivity index (χ4n) is 8.58. The van der Waals surface area contributed by atoms with Crippen LogP contribution in [0.2, 0.25) is 0 Å². The number of esters is 3. The summed E-state index contributed by atoms with van der Waals surface area (Å²) in [4.78, 5) is 36.8. The van der Waals surface area contributed by atoms with Gasteiger partial charge in [-0.1, -0.05) is 13.8 Å². The van der Waals surface area contributed by atoms with Gasteiger partial charge >= 0.3 is 17.9 Å². The standard InChI is InChI=1S/C27H42O6/c1-16(6-11-24(29)31-5)21-9-10-22-20-8-7-18-14-19(33-17(2)28)12-13-26(18,3)23(20)15-32-25(30)27(21,22)4/h16,18-23H,6-15H2,1-5H3/t16-,18-,19-,20+,21-,22+,23+,26+,27-/m1/s1. The van der Waals surface area contributed by atoms with Crippen molar-refractivity contribution in [3.63, 3.8) is 0 Å². The maximum Gasteiger partial charge on any atom is 0.312 e. The molecule has 0 aromatic heterocycles. The van der Waals surface area contributed by atoms with Crippen LogP contribution in [-0.4, -0.2) is 37.7 Å². The summed E-state index contributed by atoms with van der Waals surface area (Å²) in [5.41, 5.74) is -0.354. The van der Waals surface area contributed by atoms with E-state index in [1.54, 1.807) is 0 Å². The van der Waals surface area contributed by atoms with Crippen molar-refractivity contribution in [3.8, 4) is 0 Å². The van der Waals surface area contributed by atoms with Crippen molar-refractivity contribution in [1.29, 1.82) is 0 Å². The van der Waals surface area contributed by atoms with Crippen molar-refractivity contribution in [3.05, 3.63) is 0 Å². The van der Waals surface area contributed by atoms with E-state index in [9.17, 15) is 14.4 Å². The fraction of sp³-hybridized carbons (Fsp3) is 0.889. The highest BCUT2D eigenvalue weighted by molar-refractivity contribution is 5.78. The smallest absolute Gasteiger partial charge is 0.312 e. The molecule has 1 saturated heterocycles. The van der Waals surface area contributed by atoms with Crippen molar-refractivity contribution in [2.45, 2.75) is 91.6 Å². The SMILES string of the molecule is COC(=O)CC[C@@H](C)[C@H]1CC[C@H]2[C@@H]3CC[C@@H]4C[C@H](OC(C)=O)CC[C@]4(C)[C@H]3COC(=O)[C@]12C. The van der Waals surface area contributed by atoms with E-state index in [0.717, 1.165) is 51.4 Å². The summed E-state index contributed by atoms with van der Waals surface area (Å²) in [5, 5.41) is 0.